The summed E-state index contributed by atoms with van der Waals surface area (Å²) in [5, 5.41) is 4.80. The zero-order valence-electron chi connectivity index (χ0n) is 29.0. The van der Waals surface area contributed by atoms with E-state index in [-0.39, 0.29) is 0 Å². The Balaban J connectivity index is 1.15. The molecular formula is C50H35BrN2. The van der Waals surface area contributed by atoms with Gasteiger partial charge in [-0.1, -0.05) is 149 Å². The Morgan fingerprint density at radius 1 is 0.245 bits per heavy atom. The van der Waals surface area contributed by atoms with Gasteiger partial charge in [-0.15, -0.1) is 0 Å². The molecule has 53 heavy (non-hydrogen) atoms. The zero-order chi connectivity index (χ0) is 35.6. The van der Waals surface area contributed by atoms with Crippen LogP contribution in [0.4, 0.5) is 34.1 Å². The maximum atomic E-state index is 3.93. The van der Waals surface area contributed by atoms with Gasteiger partial charge in [-0.2, -0.15) is 0 Å². The van der Waals surface area contributed by atoms with Gasteiger partial charge in [0.15, 0.2) is 0 Å². The van der Waals surface area contributed by atoms with Gasteiger partial charge in [0, 0.05) is 38.6 Å². The zero-order valence-corrected chi connectivity index (χ0v) is 30.6. The standard InChI is InChI=1S/C50H35BrN2/c51-44-33-49(52(45-17-9-3-10-18-45)47-27-25-40-29-38(21-23-42(40)31-47)36-13-5-1-6-14-36)35-50(34-44)53(46-19-11-4-12-20-46)48-28-26-41-30-39(22-24-43(41)32-48)37-15-7-2-8-16-37/h1-35H. The molecule has 0 atom stereocenters. The first-order valence-corrected chi connectivity index (χ1v) is 18.7. The number of hydrogen-bond donors (Lipinski definition) is 0. The number of benzene rings is 9. The van der Waals surface area contributed by atoms with Gasteiger partial charge in [-0.25, -0.2) is 0 Å². The predicted octanol–water partition coefficient (Wildman–Crippen LogP) is 15.0. The van der Waals surface area contributed by atoms with E-state index in [1.54, 1.807) is 0 Å². The van der Waals surface area contributed by atoms with Crippen molar-refractivity contribution < 1.29 is 0 Å². The number of rotatable bonds is 8. The fraction of sp³-hybridized carbons (Fsp3) is 0. The van der Waals surface area contributed by atoms with Crippen LogP contribution in [0.25, 0.3) is 43.8 Å². The number of nitrogens with zero attached hydrogens (tertiary/aromatic N) is 2. The van der Waals surface area contributed by atoms with Gasteiger partial charge in [0.2, 0.25) is 0 Å². The third kappa shape index (κ3) is 6.71. The summed E-state index contributed by atoms with van der Waals surface area (Å²) in [6.45, 7) is 0. The lowest BCUT2D eigenvalue weighted by Crippen LogP contribution is -2.13. The van der Waals surface area contributed by atoms with Gasteiger partial charge in [0.05, 0.1) is 0 Å². The highest BCUT2D eigenvalue weighted by atomic mass is 79.9. The summed E-state index contributed by atoms with van der Waals surface area (Å²) in [5.41, 5.74) is 11.3. The van der Waals surface area contributed by atoms with E-state index in [9.17, 15) is 0 Å². The molecule has 0 radical (unpaired) electrons. The van der Waals surface area contributed by atoms with Crippen molar-refractivity contribution in [1.82, 2.24) is 0 Å². The summed E-state index contributed by atoms with van der Waals surface area (Å²) in [5.74, 6) is 0. The quantitative estimate of drug-likeness (QED) is 0.153. The molecule has 0 aliphatic rings. The Labute approximate surface area is 319 Å². The fourth-order valence-electron chi connectivity index (χ4n) is 7.23. The first-order valence-electron chi connectivity index (χ1n) is 17.9. The number of para-hydroxylation sites is 2. The average molecular weight is 744 g/mol. The summed E-state index contributed by atoms with van der Waals surface area (Å²) >= 11 is 3.93. The highest BCUT2D eigenvalue weighted by molar-refractivity contribution is 9.10. The normalized spacial score (nSPS) is 11.1. The van der Waals surface area contributed by atoms with Crippen molar-refractivity contribution in [2.75, 3.05) is 9.80 Å². The van der Waals surface area contributed by atoms with Crippen LogP contribution in [-0.4, -0.2) is 0 Å². The molecule has 0 aromatic heterocycles. The second-order valence-corrected chi connectivity index (χ2v) is 14.1. The van der Waals surface area contributed by atoms with Crippen LogP contribution in [0.15, 0.2) is 217 Å². The number of anilines is 6. The molecule has 0 spiro atoms. The molecule has 0 N–H and O–H groups in total. The third-order valence-corrected chi connectivity index (χ3v) is 10.2. The SMILES string of the molecule is Brc1cc(N(c2ccccc2)c2ccc3cc(-c4ccccc4)ccc3c2)cc(N(c2ccccc2)c2ccc3cc(-c4ccccc4)ccc3c2)c1. The van der Waals surface area contributed by atoms with E-state index in [0.29, 0.717) is 0 Å². The Morgan fingerprint density at radius 3 is 1.02 bits per heavy atom. The molecule has 0 saturated heterocycles. The molecule has 0 aliphatic heterocycles. The smallest absolute Gasteiger partial charge is 0.0493 e. The molecule has 0 heterocycles. The highest BCUT2D eigenvalue weighted by Gasteiger charge is 2.19. The first-order chi connectivity index (χ1) is 26.2. The van der Waals surface area contributed by atoms with Crippen LogP contribution in [0.5, 0.6) is 0 Å². The molecule has 3 heteroatoms. The Hall–Kier alpha value is -6.42. The molecule has 9 rings (SSSR count). The van der Waals surface area contributed by atoms with E-state index in [4.69, 9.17) is 0 Å². The molecule has 2 nitrogen and oxygen atoms in total. The van der Waals surface area contributed by atoms with Crippen LogP contribution < -0.4 is 9.80 Å². The van der Waals surface area contributed by atoms with E-state index in [2.05, 4.69) is 238 Å². The molecule has 9 aromatic carbocycles. The Morgan fingerprint density at radius 2 is 0.604 bits per heavy atom. The Bertz CT molecular complexity index is 2490. The van der Waals surface area contributed by atoms with Gasteiger partial charge < -0.3 is 9.80 Å². The Kier molecular flexibility index (Phi) is 8.77. The molecule has 9 aromatic rings. The van der Waals surface area contributed by atoms with Crippen molar-refractivity contribution in [3.8, 4) is 22.3 Å². The van der Waals surface area contributed by atoms with Gasteiger partial charge in [0.1, 0.15) is 0 Å². The van der Waals surface area contributed by atoms with Gasteiger partial charge in [-0.3, -0.25) is 0 Å². The van der Waals surface area contributed by atoms with E-state index in [1.165, 1.54) is 43.8 Å². The van der Waals surface area contributed by atoms with E-state index >= 15 is 0 Å². The molecule has 0 amide bonds. The number of fused-ring (bicyclic) bond motifs is 2. The lowest BCUT2D eigenvalue weighted by atomic mass is 10.0. The third-order valence-electron chi connectivity index (χ3n) is 9.79. The van der Waals surface area contributed by atoms with E-state index in [0.717, 1.165) is 38.6 Å². The maximum Gasteiger partial charge on any atom is 0.0493 e. The summed E-state index contributed by atoms with van der Waals surface area (Å²) in [6, 6.07) is 76.0. The van der Waals surface area contributed by atoms with E-state index < -0.39 is 0 Å². The topological polar surface area (TPSA) is 6.48 Å². The lowest BCUT2D eigenvalue weighted by molar-refractivity contribution is 1.25. The van der Waals surface area contributed by atoms with Crippen LogP contribution in [0.2, 0.25) is 0 Å². The van der Waals surface area contributed by atoms with Crippen LogP contribution in [0, 0.1) is 0 Å². The molecule has 0 aliphatic carbocycles. The van der Waals surface area contributed by atoms with Gasteiger partial charge in [0.25, 0.3) is 0 Å². The van der Waals surface area contributed by atoms with Crippen LogP contribution in [0.3, 0.4) is 0 Å². The van der Waals surface area contributed by atoms with E-state index in [1.807, 2.05) is 0 Å². The lowest BCUT2D eigenvalue weighted by Gasteiger charge is -2.30. The second kappa shape index (κ2) is 14.3. The molecule has 0 bridgehead atoms. The highest BCUT2D eigenvalue weighted by Crippen LogP contribution is 2.43. The largest absolute Gasteiger partial charge is 0.310 e. The van der Waals surface area contributed by atoms with Gasteiger partial charge in [-0.05, 0) is 123 Å². The second-order valence-electron chi connectivity index (χ2n) is 13.2. The molecule has 252 valence electrons. The van der Waals surface area contributed by atoms with Crippen LogP contribution in [0.1, 0.15) is 0 Å². The number of hydrogen-bond acceptors (Lipinski definition) is 2. The first kappa shape index (κ1) is 32.5. The monoisotopic (exact) mass is 742 g/mol. The van der Waals surface area contributed by atoms with Crippen molar-refractivity contribution in [2.45, 2.75) is 0 Å². The minimum absolute atomic E-state index is 0.994. The molecule has 0 saturated carbocycles. The van der Waals surface area contributed by atoms with Gasteiger partial charge >= 0.3 is 0 Å². The minimum atomic E-state index is 0.994. The summed E-state index contributed by atoms with van der Waals surface area (Å²) < 4.78 is 0.994. The summed E-state index contributed by atoms with van der Waals surface area (Å²) in [6.07, 6.45) is 0. The molecule has 0 unspecified atom stereocenters. The molecular weight excluding hydrogens is 708 g/mol. The maximum absolute atomic E-state index is 3.93. The minimum Gasteiger partial charge on any atom is -0.310 e. The van der Waals surface area contributed by atoms with Crippen LogP contribution >= 0.6 is 15.9 Å². The average Bonchev–Trinajstić information content (AvgIpc) is 3.22. The summed E-state index contributed by atoms with van der Waals surface area (Å²) in [7, 11) is 0. The van der Waals surface area contributed by atoms with Crippen molar-refractivity contribution >= 4 is 71.6 Å². The summed E-state index contributed by atoms with van der Waals surface area (Å²) in [4.78, 5) is 4.68. The number of halogens is 1. The molecule has 0 fully saturated rings. The van der Waals surface area contributed by atoms with Crippen molar-refractivity contribution in [3.63, 3.8) is 0 Å². The fourth-order valence-corrected chi connectivity index (χ4v) is 7.70. The van der Waals surface area contributed by atoms with Crippen molar-refractivity contribution in [2.24, 2.45) is 0 Å². The van der Waals surface area contributed by atoms with Crippen molar-refractivity contribution in [1.29, 1.82) is 0 Å². The predicted molar refractivity (Wildman–Crippen MR) is 229 cm³/mol. The van der Waals surface area contributed by atoms with Crippen LogP contribution in [-0.2, 0) is 0 Å². The van der Waals surface area contributed by atoms with Crippen molar-refractivity contribution in [3.05, 3.63) is 217 Å².